The van der Waals surface area contributed by atoms with Crippen LogP contribution in [-0.2, 0) is 0 Å². The van der Waals surface area contributed by atoms with Crippen LogP contribution in [0.1, 0.15) is 49.9 Å². The first-order valence-electron chi connectivity index (χ1n) is 13.0. The molecule has 3 aliphatic rings. The van der Waals surface area contributed by atoms with Gasteiger partial charge in [0, 0.05) is 11.1 Å². The van der Waals surface area contributed by atoms with Crippen molar-refractivity contribution in [1.82, 2.24) is 24.6 Å². The van der Waals surface area contributed by atoms with E-state index in [1.54, 1.807) is 10.7 Å². The van der Waals surface area contributed by atoms with Crippen LogP contribution < -0.4 is 5.73 Å². The highest BCUT2D eigenvalue weighted by molar-refractivity contribution is 9.10. The lowest BCUT2D eigenvalue weighted by molar-refractivity contribution is -0.116. The molecule has 4 aromatic rings. The third-order valence-corrected chi connectivity index (χ3v) is 9.32. The molecular weight excluding hydrogens is 528 g/mol. The fourth-order valence-electron chi connectivity index (χ4n) is 6.27. The zero-order valence-corrected chi connectivity index (χ0v) is 22.3. The first-order chi connectivity index (χ1) is 17.8. The molecule has 0 saturated heterocycles. The molecule has 1 unspecified atom stereocenters. The van der Waals surface area contributed by atoms with Crippen LogP contribution in [0.3, 0.4) is 0 Å². The number of hydrogen-bond acceptors (Lipinski definition) is 6. The van der Waals surface area contributed by atoms with Crippen molar-refractivity contribution < 1.29 is 5.11 Å². The number of allylic oxidation sites excluding steroid dienone is 3. The third kappa shape index (κ3) is 3.76. The predicted octanol–water partition coefficient (Wildman–Crippen LogP) is 5.39. The van der Waals surface area contributed by atoms with Crippen LogP contribution in [0, 0.1) is 18.8 Å². The van der Waals surface area contributed by atoms with Crippen molar-refractivity contribution in [1.29, 1.82) is 0 Å². The van der Waals surface area contributed by atoms with Crippen LogP contribution >= 0.6 is 15.9 Å². The SMILES string of the molecule is Cc1nn2c(ncc3nc(-c4ccccc4)c(C4=CCCC(C5(N)CC(O)(C6CC6)C5)C=C4)nc32)c1Br. The molecule has 7 rings (SSSR count). The zero-order valence-electron chi connectivity index (χ0n) is 20.7. The van der Waals surface area contributed by atoms with E-state index in [9.17, 15) is 5.11 Å². The van der Waals surface area contributed by atoms with Crippen LogP contribution in [0.2, 0.25) is 0 Å². The second kappa shape index (κ2) is 8.28. The molecule has 3 N–H and O–H groups in total. The number of aryl methyl sites for hydroxylation is 1. The topological polar surface area (TPSA) is 102 Å². The van der Waals surface area contributed by atoms with Gasteiger partial charge in [0.1, 0.15) is 5.52 Å². The van der Waals surface area contributed by atoms with Crippen LogP contribution in [0.5, 0.6) is 0 Å². The summed E-state index contributed by atoms with van der Waals surface area (Å²) in [5, 5.41) is 15.6. The Labute approximate surface area is 223 Å². The first-order valence-corrected chi connectivity index (χ1v) is 13.8. The van der Waals surface area contributed by atoms with Gasteiger partial charge in [0.15, 0.2) is 11.3 Å². The lowest BCUT2D eigenvalue weighted by atomic mass is 9.57. The first kappa shape index (κ1) is 23.2. The van der Waals surface area contributed by atoms with Crippen molar-refractivity contribution in [3.63, 3.8) is 0 Å². The van der Waals surface area contributed by atoms with Gasteiger partial charge >= 0.3 is 0 Å². The van der Waals surface area contributed by atoms with Crippen LogP contribution in [0.25, 0.3) is 33.6 Å². The maximum absolute atomic E-state index is 10.9. The summed E-state index contributed by atoms with van der Waals surface area (Å²) in [4.78, 5) is 14.8. The average molecular weight is 557 g/mol. The molecule has 2 fully saturated rings. The van der Waals surface area contributed by atoms with Crippen LogP contribution in [-0.4, -0.2) is 40.8 Å². The number of fused-ring (bicyclic) bond motifs is 3. The summed E-state index contributed by atoms with van der Waals surface area (Å²) in [5.41, 5.74) is 12.6. The van der Waals surface area contributed by atoms with Gasteiger partial charge in [0.05, 0.1) is 33.4 Å². The molecule has 8 heteroatoms. The molecule has 0 bridgehead atoms. The summed E-state index contributed by atoms with van der Waals surface area (Å²) in [6.45, 7) is 1.95. The minimum atomic E-state index is -0.551. The van der Waals surface area contributed by atoms with Gasteiger partial charge in [0.25, 0.3) is 0 Å². The Morgan fingerprint density at radius 3 is 2.59 bits per heavy atom. The molecule has 3 aliphatic carbocycles. The highest BCUT2D eigenvalue weighted by Gasteiger charge is 2.60. The monoisotopic (exact) mass is 556 g/mol. The van der Waals surface area contributed by atoms with Crippen molar-refractivity contribution in [3.05, 3.63) is 70.6 Å². The largest absolute Gasteiger partial charge is 0.389 e. The standard InChI is InChI=1S/C29H29BrN6O/c1-17-23(30)27-32-14-22-26(36(27)35-17)34-25(24(33-22)18-6-3-2-4-7-18)19-8-5-9-20(11-10-19)28(31)15-29(37,16-28)21-12-13-21/h2-4,6-8,10-11,14,20-21,37H,5,9,12-13,15-16,31H2,1H3. The summed E-state index contributed by atoms with van der Waals surface area (Å²) in [6.07, 6.45) is 13.9. The van der Waals surface area contributed by atoms with E-state index in [1.807, 2.05) is 25.1 Å². The van der Waals surface area contributed by atoms with Gasteiger partial charge < -0.3 is 10.8 Å². The lowest BCUT2D eigenvalue weighted by Crippen LogP contribution is -2.66. The molecule has 3 heterocycles. The molecule has 7 nitrogen and oxygen atoms in total. The van der Waals surface area contributed by atoms with Gasteiger partial charge in [-0.25, -0.2) is 15.0 Å². The van der Waals surface area contributed by atoms with Crippen molar-refractivity contribution >= 4 is 38.3 Å². The Kier molecular flexibility index (Phi) is 5.19. The number of rotatable bonds is 4. The van der Waals surface area contributed by atoms with E-state index < -0.39 is 5.60 Å². The molecule has 1 atom stereocenters. The van der Waals surface area contributed by atoms with E-state index >= 15 is 0 Å². The van der Waals surface area contributed by atoms with E-state index in [2.05, 4.69) is 56.4 Å². The van der Waals surface area contributed by atoms with Crippen LogP contribution in [0.15, 0.2) is 59.2 Å². The van der Waals surface area contributed by atoms with E-state index in [4.69, 9.17) is 15.7 Å². The fourth-order valence-corrected chi connectivity index (χ4v) is 6.62. The highest BCUT2D eigenvalue weighted by Crippen LogP contribution is 2.56. The zero-order chi connectivity index (χ0) is 25.4. The van der Waals surface area contributed by atoms with Gasteiger partial charge in [-0.05, 0) is 78.8 Å². The number of nitrogens with two attached hydrogens (primary N) is 1. The summed E-state index contributed by atoms with van der Waals surface area (Å²) in [5.74, 6) is 0.667. The Bertz CT molecular complexity index is 1600. The van der Waals surface area contributed by atoms with E-state index in [0.717, 1.165) is 64.0 Å². The summed E-state index contributed by atoms with van der Waals surface area (Å²) in [7, 11) is 0. The number of halogens is 1. The minimum absolute atomic E-state index is 0.217. The minimum Gasteiger partial charge on any atom is -0.389 e. The van der Waals surface area contributed by atoms with Gasteiger partial charge in [-0.15, -0.1) is 0 Å². The third-order valence-electron chi connectivity index (χ3n) is 8.39. The molecule has 0 spiro atoms. The molecule has 2 saturated carbocycles. The molecule has 0 radical (unpaired) electrons. The maximum atomic E-state index is 10.9. The average Bonchev–Trinajstić information content (AvgIpc) is 3.72. The van der Waals surface area contributed by atoms with Crippen molar-refractivity contribution in [2.75, 3.05) is 0 Å². The van der Waals surface area contributed by atoms with Crippen molar-refractivity contribution in [3.8, 4) is 11.3 Å². The number of aliphatic hydroxyl groups is 1. The second-order valence-electron chi connectivity index (χ2n) is 11.1. The normalized spacial score (nSPS) is 27.8. The molecule has 37 heavy (non-hydrogen) atoms. The van der Waals surface area contributed by atoms with Crippen molar-refractivity contribution in [2.45, 2.75) is 56.6 Å². The maximum Gasteiger partial charge on any atom is 0.184 e. The van der Waals surface area contributed by atoms with Gasteiger partial charge in [-0.1, -0.05) is 48.6 Å². The Morgan fingerprint density at radius 2 is 1.84 bits per heavy atom. The van der Waals surface area contributed by atoms with Gasteiger partial charge in [0.2, 0.25) is 0 Å². The Hall–Kier alpha value is -2.94. The molecule has 1 aromatic carbocycles. The number of aromatic nitrogens is 5. The van der Waals surface area contributed by atoms with E-state index in [-0.39, 0.29) is 11.5 Å². The van der Waals surface area contributed by atoms with E-state index in [1.165, 1.54) is 0 Å². The molecule has 3 aromatic heterocycles. The molecule has 0 amide bonds. The number of hydrogen-bond donors (Lipinski definition) is 2. The quantitative estimate of drug-likeness (QED) is 0.349. The summed E-state index contributed by atoms with van der Waals surface area (Å²) in [6, 6.07) is 10.2. The predicted molar refractivity (Wildman–Crippen MR) is 148 cm³/mol. The Morgan fingerprint density at radius 1 is 1.05 bits per heavy atom. The fraction of sp³-hybridized carbons (Fsp3) is 0.379. The number of benzene rings is 1. The van der Waals surface area contributed by atoms with E-state index in [0.29, 0.717) is 29.9 Å². The highest BCUT2D eigenvalue weighted by atomic mass is 79.9. The smallest absolute Gasteiger partial charge is 0.184 e. The molecule has 188 valence electrons. The lowest BCUT2D eigenvalue weighted by Gasteiger charge is -2.55. The van der Waals surface area contributed by atoms with Crippen LogP contribution in [0.4, 0.5) is 0 Å². The Balaban J connectivity index is 1.32. The van der Waals surface area contributed by atoms with Gasteiger partial charge in [-0.2, -0.15) is 9.61 Å². The van der Waals surface area contributed by atoms with Crippen molar-refractivity contribution in [2.24, 2.45) is 17.6 Å². The molecular formula is C29H29BrN6O. The second-order valence-corrected chi connectivity index (χ2v) is 11.8. The summed E-state index contributed by atoms with van der Waals surface area (Å²) < 4.78 is 2.63. The van der Waals surface area contributed by atoms with Gasteiger partial charge in [-0.3, -0.25) is 0 Å². The molecule has 0 aliphatic heterocycles. The number of nitrogens with zero attached hydrogens (tertiary/aromatic N) is 5. The summed E-state index contributed by atoms with van der Waals surface area (Å²) >= 11 is 3.61.